The van der Waals surface area contributed by atoms with Crippen molar-refractivity contribution in [1.29, 1.82) is 0 Å². The summed E-state index contributed by atoms with van der Waals surface area (Å²) in [5.74, 6) is -6.70. The fraction of sp³-hybridized carbons (Fsp3) is 0.350. The maximum Gasteiger partial charge on any atom is 0.471 e. The average molecular weight is 1120 g/mol. The lowest BCUT2D eigenvalue weighted by Gasteiger charge is -2.37. The van der Waals surface area contributed by atoms with Gasteiger partial charge >= 0.3 is 30.1 Å². The van der Waals surface area contributed by atoms with E-state index in [1.165, 1.54) is 30.3 Å². The quantitative estimate of drug-likeness (QED) is 0.0264. The number of carbonyl (C=O) groups excluding carboxylic acids is 7. The SMILES string of the molecule is CCc1cccc(N(CC)C(=O)Cn2c(C(=O)CC3CCC(C(=O)NCCCCCCNC(=O)c4ccc5c(c4)C(=O)OC54c5ccc(NC(=O)C(F)(F)F)cc5Oc5cc(NC(=O)C(F)(F)F)ccc54)CC3)cc3ccccc32)c1. The molecule has 21 heteroatoms. The predicted molar refractivity (Wildman–Crippen MR) is 288 cm³/mol. The smallest absolute Gasteiger partial charge is 0.456 e. The summed E-state index contributed by atoms with van der Waals surface area (Å²) in [7, 11) is 0. The molecule has 1 spiro atoms. The molecule has 0 saturated heterocycles. The van der Waals surface area contributed by atoms with Gasteiger partial charge in [-0.15, -0.1) is 0 Å². The van der Waals surface area contributed by atoms with Crippen molar-refractivity contribution in [3.63, 3.8) is 0 Å². The lowest BCUT2D eigenvalue weighted by atomic mass is 9.77. The van der Waals surface area contributed by atoms with Gasteiger partial charge in [-0.2, -0.15) is 26.3 Å². The Morgan fingerprint density at radius 1 is 0.679 bits per heavy atom. The van der Waals surface area contributed by atoms with Crippen molar-refractivity contribution in [2.45, 2.75) is 103 Å². The van der Waals surface area contributed by atoms with Gasteiger partial charge in [-0.1, -0.05) is 56.2 Å². The van der Waals surface area contributed by atoms with E-state index in [1.807, 2.05) is 66.1 Å². The third kappa shape index (κ3) is 12.3. The van der Waals surface area contributed by atoms with Gasteiger partial charge in [-0.3, -0.25) is 28.8 Å². The van der Waals surface area contributed by atoms with Gasteiger partial charge in [0.25, 0.3) is 5.91 Å². The number of anilines is 3. The van der Waals surface area contributed by atoms with Crippen LogP contribution in [0.5, 0.6) is 11.5 Å². The van der Waals surface area contributed by atoms with Gasteiger partial charge in [0, 0.05) is 94.3 Å². The molecular weight excluding hydrogens is 1060 g/mol. The van der Waals surface area contributed by atoms with E-state index >= 15 is 0 Å². The third-order valence-electron chi connectivity index (χ3n) is 15.1. The molecule has 4 N–H and O–H groups in total. The minimum atomic E-state index is -5.25. The molecule has 424 valence electrons. The van der Waals surface area contributed by atoms with E-state index in [2.05, 4.69) is 17.6 Å². The number of amides is 5. The van der Waals surface area contributed by atoms with Gasteiger partial charge in [-0.05, 0) is 124 Å². The number of likely N-dealkylation sites (N-methyl/N-ethyl adjacent to an activating group) is 1. The molecule has 1 fully saturated rings. The Balaban J connectivity index is 0.741. The van der Waals surface area contributed by atoms with Crippen LogP contribution in [0.25, 0.3) is 10.9 Å². The van der Waals surface area contributed by atoms with E-state index in [4.69, 9.17) is 9.47 Å². The first-order chi connectivity index (χ1) is 38.7. The number of benzene rings is 5. The first kappa shape index (κ1) is 57.2. The number of hydrogen-bond donors (Lipinski definition) is 4. The van der Waals surface area contributed by atoms with Crippen LogP contribution in [0.4, 0.5) is 43.4 Å². The van der Waals surface area contributed by atoms with Crippen molar-refractivity contribution in [1.82, 2.24) is 15.2 Å². The molecule has 0 unspecified atom stereocenters. The number of halogens is 6. The molecular formula is C60H58F6N6O9. The third-order valence-corrected chi connectivity index (χ3v) is 15.1. The number of nitrogens with zero attached hydrogens (tertiary/aromatic N) is 2. The molecule has 15 nitrogen and oxygen atoms in total. The number of ether oxygens (including phenoxy) is 2. The zero-order chi connectivity index (χ0) is 57.8. The Bertz CT molecular complexity index is 3360. The number of alkyl halides is 6. The van der Waals surface area contributed by atoms with Crippen LogP contribution in [0.2, 0.25) is 0 Å². The predicted octanol–water partition coefficient (Wildman–Crippen LogP) is 11.3. The highest BCUT2D eigenvalue weighted by molar-refractivity contribution is 6.04. The first-order valence-corrected chi connectivity index (χ1v) is 26.9. The molecule has 1 aromatic heterocycles. The van der Waals surface area contributed by atoms with E-state index in [9.17, 15) is 59.9 Å². The maximum absolute atomic E-state index is 14.0. The Hall–Kier alpha value is -8.49. The van der Waals surface area contributed by atoms with Gasteiger partial charge in [0.05, 0.1) is 11.3 Å². The summed E-state index contributed by atoms with van der Waals surface area (Å²) in [5.41, 5.74) is 0.955. The van der Waals surface area contributed by atoms with E-state index < -0.39 is 41.6 Å². The van der Waals surface area contributed by atoms with Crippen molar-refractivity contribution in [3.05, 3.63) is 148 Å². The minimum absolute atomic E-state index is 0.0158. The van der Waals surface area contributed by atoms with Crippen LogP contribution < -0.4 is 30.9 Å². The lowest BCUT2D eigenvalue weighted by molar-refractivity contribution is -0.167. The molecule has 1 saturated carbocycles. The second-order valence-electron chi connectivity index (χ2n) is 20.4. The van der Waals surface area contributed by atoms with Crippen LogP contribution in [0.3, 0.4) is 0 Å². The number of esters is 1. The number of aryl methyl sites for hydroxylation is 1. The standard InChI is InChI=1S/C60H58F6N6O9/c1-3-35-12-11-14-42(28-35)71(4-2)52(74)34-72-47-15-8-7-13-38(47)31-48(72)49(73)29-36-16-18-37(19-17-36)53(75)67-26-9-5-6-10-27-68-54(76)39-20-23-44-43(30-39)55(77)81-58(44)45-24-21-40(69-56(78)59(61,62)63)32-50(45)80-51-33-41(22-25-46(51)58)70-57(79)60(64,65)66/h7-8,11-15,20-25,28,30-33,36-37H,3-6,9-10,16-19,26-27,29,34H2,1-2H3,(H,67,75)(H,68,76)(H,69,78)(H,70,79). The first-order valence-electron chi connectivity index (χ1n) is 26.9. The van der Waals surface area contributed by atoms with E-state index in [1.54, 1.807) is 15.5 Å². The maximum atomic E-state index is 14.0. The fourth-order valence-electron chi connectivity index (χ4n) is 11.0. The molecule has 5 aromatic carbocycles. The molecule has 5 amide bonds. The molecule has 3 aliphatic rings. The fourth-order valence-corrected chi connectivity index (χ4v) is 11.0. The summed E-state index contributed by atoms with van der Waals surface area (Å²) in [4.78, 5) is 93.4. The largest absolute Gasteiger partial charge is 0.471 e. The van der Waals surface area contributed by atoms with Gasteiger partial charge < -0.3 is 40.2 Å². The number of hydrogen-bond acceptors (Lipinski definition) is 9. The van der Waals surface area contributed by atoms with Gasteiger partial charge in [0.2, 0.25) is 11.8 Å². The van der Waals surface area contributed by atoms with Crippen LogP contribution in [0.15, 0.2) is 109 Å². The lowest BCUT2D eigenvalue weighted by Crippen LogP contribution is -2.35. The summed E-state index contributed by atoms with van der Waals surface area (Å²) in [6.07, 6.45) is -3.75. The number of unbranched alkanes of at least 4 members (excludes halogenated alkanes) is 3. The summed E-state index contributed by atoms with van der Waals surface area (Å²) in [6.45, 7) is 5.28. The van der Waals surface area contributed by atoms with E-state index in [0.29, 0.717) is 50.9 Å². The van der Waals surface area contributed by atoms with Crippen molar-refractivity contribution < 1.29 is 69.4 Å². The monoisotopic (exact) mass is 1120 g/mol. The summed E-state index contributed by atoms with van der Waals surface area (Å²) in [5, 5.41) is 10.2. The molecule has 0 radical (unpaired) electrons. The normalized spacial score (nSPS) is 16.1. The molecule has 81 heavy (non-hydrogen) atoms. The second kappa shape index (κ2) is 23.7. The Morgan fingerprint density at radius 2 is 1.30 bits per heavy atom. The molecule has 3 heterocycles. The summed E-state index contributed by atoms with van der Waals surface area (Å²) >= 11 is 0. The number of fused-ring (bicyclic) bond motifs is 7. The summed E-state index contributed by atoms with van der Waals surface area (Å²) in [6, 6.07) is 28.4. The number of rotatable bonds is 19. The molecule has 9 rings (SSSR count). The molecule has 0 bridgehead atoms. The molecule has 2 aliphatic heterocycles. The van der Waals surface area contributed by atoms with Crippen LogP contribution in [-0.4, -0.2) is 77.8 Å². The molecule has 6 aromatic rings. The highest BCUT2D eigenvalue weighted by atomic mass is 19.4. The number of para-hydroxylation sites is 1. The molecule has 1 aliphatic carbocycles. The van der Waals surface area contributed by atoms with Crippen molar-refractivity contribution in [2.75, 3.05) is 35.2 Å². The Kier molecular flexibility index (Phi) is 16.7. The van der Waals surface area contributed by atoms with Gasteiger partial charge in [0.1, 0.15) is 18.0 Å². The topological polar surface area (TPSA) is 194 Å². The summed E-state index contributed by atoms with van der Waals surface area (Å²) < 4.78 is 92.6. The van der Waals surface area contributed by atoms with Crippen molar-refractivity contribution >= 4 is 69.3 Å². The van der Waals surface area contributed by atoms with Gasteiger partial charge in [0.15, 0.2) is 11.4 Å². The Labute approximate surface area is 461 Å². The second-order valence-corrected chi connectivity index (χ2v) is 20.4. The van der Waals surface area contributed by atoms with Crippen LogP contribution in [0.1, 0.15) is 125 Å². The molecule has 0 atom stereocenters. The van der Waals surface area contributed by atoms with E-state index in [0.717, 1.165) is 78.5 Å². The van der Waals surface area contributed by atoms with E-state index in [-0.39, 0.29) is 93.2 Å². The highest BCUT2D eigenvalue weighted by Crippen LogP contribution is 2.57. The van der Waals surface area contributed by atoms with Crippen LogP contribution in [-0.2, 0) is 42.5 Å². The zero-order valence-electron chi connectivity index (χ0n) is 44.3. The van der Waals surface area contributed by atoms with Crippen molar-refractivity contribution in [3.8, 4) is 11.5 Å². The zero-order valence-corrected chi connectivity index (χ0v) is 44.3. The minimum Gasteiger partial charge on any atom is -0.456 e. The van der Waals surface area contributed by atoms with Crippen molar-refractivity contribution in [2.24, 2.45) is 11.8 Å². The Morgan fingerprint density at radius 3 is 1.91 bits per heavy atom. The number of aromatic nitrogens is 1. The number of carbonyl (C=O) groups is 7. The number of ketones is 1. The van der Waals surface area contributed by atoms with Crippen LogP contribution in [0, 0.1) is 11.8 Å². The van der Waals surface area contributed by atoms with Crippen LogP contribution >= 0.6 is 0 Å². The highest BCUT2D eigenvalue weighted by Gasteiger charge is 2.54. The van der Waals surface area contributed by atoms with Gasteiger partial charge in [-0.25, -0.2) is 4.79 Å². The number of Topliss-reactive ketones (excluding diaryl/α,β-unsaturated/α-hetero) is 1. The number of nitrogens with one attached hydrogen (secondary N) is 4. The average Bonchev–Trinajstić information content (AvgIpc) is 2.82.